The van der Waals surface area contributed by atoms with Gasteiger partial charge in [0.2, 0.25) is 0 Å². The Hall–Kier alpha value is -3.12. The van der Waals surface area contributed by atoms with Crippen LogP contribution in [0.3, 0.4) is 0 Å². The monoisotopic (exact) mass is 453 g/mol. The van der Waals surface area contributed by atoms with Gasteiger partial charge in [-0.05, 0) is 41.5 Å². The highest BCUT2D eigenvalue weighted by molar-refractivity contribution is 9.10. The summed E-state index contributed by atoms with van der Waals surface area (Å²) in [4.78, 5) is 24.0. The largest absolute Gasteiger partial charge is 0.489 e. The molecule has 0 saturated heterocycles. The smallest absolute Gasteiger partial charge is 0.326 e. The van der Waals surface area contributed by atoms with E-state index in [9.17, 15) is 14.7 Å². The standard InChI is InChI=1S/C23H20BrNO4/c24-19-8-4-7-18(14-19)22(26)25-21(23(27)28)13-16-9-11-20(12-10-16)29-15-17-5-2-1-3-6-17/h1-12,14,21H,13,15H2,(H,25,26)(H,27,28)/t21-/m1/s1. The Kier molecular flexibility index (Phi) is 7.03. The Bertz CT molecular complexity index is 974. The number of carboxylic acid groups (broad SMARTS) is 1. The zero-order chi connectivity index (χ0) is 20.6. The lowest BCUT2D eigenvalue weighted by Crippen LogP contribution is -2.42. The summed E-state index contributed by atoms with van der Waals surface area (Å²) >= 11 is 3.31. The Balaban J connectivity index is 1.60. The Labute approximate surface area is 177 Å². The number of nitrogens with one attached hydrogen (secondary N) is 1. The van der Waals surface area contributed by atoms with Gasteiger partial charge in [0.05, 0.1) is 0 Å². The summed E-state index contributed by atoms with van der Waals surface area (Å²) in [6.07, 6.45) is 0.175. The van der Waals surface area contributed by atoms with Crippen LogP contribution in [0, 0.1) is 0 Å². The first-order valence-corrected chi connectivity index (χ1v) is 9.85. The number of carbonyl (C=O) groups is 2. The fraction of sp³-hybridized carbons (Fsp3) is 0.130. The first-order chi connectivity index (χ1) is 14.0. The molecule has 0 aliphatic heterocycles. The molecule has 3 rings (SSSR count). The zero-order valence-electron chi connectivity index (χ0n) is 15.5. The summed E-state index contributed by atoms with van der Waals surface area (Å²) in [6, 6.07) is 22.8. The Morgan fingerprint density at radius 3 is 2.31 bits per heavy atom. The Morgan fingerprint density at radius 2 is 1.66 bits per heavy atom. The summed E-state index contributed by atoms with van der Waals surface area (Å²) in [5, 5.41) is 12.1. The van der Waals surface area contributed by atoms with E-state index < -0.39 is 17.9 Å². The van der Waals surface area contributed by atoms with Crippen LogP contribution in [-0.4, -0.2) is 23.0 Å². The molecule has 0 aliphatic rings. The molecule has 0 fully saturated rings. The summed E-state index contributed by atoms with van der Waals surface area (Å²) in [7, 11) is 0. The second-order valence-corrected chi connectivity index (χ2v) is 7.41. The lowest BCUT2D eigenvalue weighted by Gasteiger charge is -2.15. The molecule has 0 heterocycles. The van der Waals surface area contributed by atoms with Crippen LogP contribution in [0.5, 0.6) is 5.75 Å². The van der Waals surface area contributed by atoms with Gasteiger partial charge in [0, 0.05) is 16.5 Å². The molecule has 6 heteroatoms. The predicted octanol–water partition coefficient (Wildman–Crippen LogP) is 4.45. The SMILES string of the molecule is O=C(N[C@H](Cc1ccc(OCc2ccccc2)cc1)C(=O)O)c1cccc(Br)c1. The van der Waals surface area contributed by atoms with Gasteiger partial charge in [0.1, 0.15) is 18.4 Å². The van der Waals surface area contributed by atoms with Crippen molar-refractivity contribution in [2.24, 2.45) is 0 Å². The van der Waals surface area contributed by atoms with Crippen molar-refractivity contribution in [1.29, 1.82) is 0 Å². The van der Waals surface area contributed by atoms with Gasteiger partial charge in [-0.1, -0.05) is 64.5 Å². The summed E-state index contributed by atoms with van der Waals surface area (Å²) < 4.78 is 6.50. The van der Waals surface area contributed by atoms with Crippen LogP contribution in [0.15, 0.2) is 83.3 Å². The molecule has 3 aromatic carbocycles. The molecule has 0 aromatic heterocycles. The summed E-state index contributed by atoms with van der Waals surface area (Å²) in [5.41, 5.74) is 2.26. The van der Waals surface area contributed by atoms with Gasteiger partial charge < -0.3 is 15.2 Å². The fourth-order valence-corrected chi connectivity index (χ4v) is 3.17. The van der Waals surface area contributed by atoms with Gasteiger partial charge in [-0.25, -0.2) is 4.79 Å². The van der Waals surface area contributed by atoms with E-state index in [4.69, 9.17) is 4.74 Å². The van der Waals surface area contributed by atoms with Gasteiger partial charge >= 0.3 is 5.97 Å². The van der Waals surface area contributed by atoms with Crippen molar-refractivity contribution in [2.75, 3.05) is 0 Å². The van der Waals surface area contributed by atoms with E-state index in [1.165, 1.54) is 0 Å². The number of benzene rings is 3. The van der Waals surface area contributed by atoms with Crippen molar-refractivity contribution < 1.29 is 19.4 Å². The molecule has 1 atom stereocenters. The summed E-state index contributed by atoms with van der Waals surface area (Å²) in [6.45, 7) is 0.459. The molecular weight excluding hydrogens is 434 g/mol. The number of ether oxygens (including phenoxy) is 1. The zero-order valence-corrected chi connectivity index (χ0v) is 17.1. The topological polar surface area (TPSA) is 75.6 Å². The molecular formula is C23H20BrNO4. The second kappa shape index (κ2) is 9.89. The number of aliphatic carboxylic acids is 1. The lowest BCUT2D eigenvalue weighted by atomic mass is 10.1. The minimum absolute atomic E-state index is 0.175. The maximum Gasteiger partial charge on any atom is 0.326 e. The van der Waals surface area contributed by atoms with Crippen molar-refractivity contribution in [1.82, 2.24) is 5.32 Å². The minimum Gasteiger partial charge on any atom is -0.489 e. The van der Waals surface area contributed by atoms with E-state index in [-0.39, 0.29) is 6.42 Å². The molecule has 0 radical (unpaired) electrons. The highest BCUT2D eigenvalue weighted by Crippen LogP contribution is 2.16. The van der Waals surface area contributed by atoms with E-state index in [0.717, 1.165) is 15.6 Å². The molecule has 0 bridgehead atoms. The van der Waals surface area contributed by atoms with E-state index in [0.29, 0.717) is 17.9 Å². The third-order valence-electron chi connectivity index (χ3n) is 4.30. The average Bonchev–Trinajstić information content (AvgIpc) is 2.73. The first kappa shape index (κ1) is 20.6. The number of carbonyl (C=O) groups excluding carboxylic acids is 1. The lowest BCUT2D eigenvalue weighted by molar-refractivity contribution is -0.139. The van der Waals surface area contributed by atoms with Crippen molar-refractivity contribution in [3.8, 4) is 5.75 Å². The number of carboxylic acids is 1. The number of amides is 1. The molecule has 0 aliphatic carbocycles. The molecule has 5 nitrogen and oxygen atoms in total. The predicted molar refractivity (Wildman–Crippen MR) is 114 cm³/mol. The van der Waals surface area contributed by atoms with Gasteiger partial charge in [0.15, 0.2) is 0 Å². The van der Waals surface area contributed by atoms with Crippen molar-refractivity contribution in [3.05, 3.63) is 100 Å². The quantitative estimate of drug-likeness (QED) is 0.527. The maximum atomic E-state index is 12.4. The number of hydrogen-bond acceptors (Lipinski definition) is 3. The van der Waals surface area contributed by atoms with Gasteiger partial charge in [-0.2, -0.15) is 0 Å². The highest BCUT2D eigenvalue weighted by Gasteiger charge is 2.21. The highest BCUT2D eigenvalue weighted by atomic mass is 79.9. The van der Waals surface area contributed by atoms with E-state index >= 15 is 0 Å². The molecule has 0 saturated carbocycles. The van der Waals surface area contributed by atoms with Gasteiger partial charge in [-0.15, -0.1) is 0 Å². The maximum absolute atomic E-state index is 12.4. The summed E-state index contributed by atoms with van der Waals surface area (Å²) in [5.74, 6) is -0.818. The number of hydrogen-bond donors (Lipinski definition) is 2. The van der Waals surface area contributed by atoms with Crippen LogP contribution in [-0.2, 0) is 17.8 Å². The van der Waals surface area contributed by atoms with Gasteiger partial charge in [-0.3, -0.25) is 4.79 Å². The molecule has 2 N–H and O–H groups in total. The Morgan fingerprint density at radius 1 is 0.931 bits per heavy atom. The van der Waals surface area contributed by atoms with Crippen LogP contribution in [0.1, 0.15) is 21.5 Å². The van der Waals surface area contributed by atoms with Crippen LogP contribution in [0.2, 0.25) is 0 Å². The van der Waals surface area contributed by atoms with Crippen LogP contribution in [0.4, 0.5) is 0 Å². The van der Waals surface area contributed by atoms with Crippen LogP contribution < -0.4 is 10.1 Å². The van der Waals surface area contributed by atoms with E-state index in [1.54, 1.807) is 36.4 Å². The van der Waals surface area contributed by atoms with Crippen LogP contribution >= 0.6 is 15.9 Å². The van der Waals surface area contributed by atoms with Crippen molar-refractivity contribution >= 4 is 27.8 Å². The molecule has 29 heavy (non-hydrogen) atoms. The average molecular weight is 454 g/mol. The fourth-order valence-electron chi connectivity index (χ4n) is 2.77. The van der Waals surface area contributed by atoms with E-state index in [1.807, 2.05) is 42.5 Å². The minimum atomic E-state index is -1.09. The number of halogens is 1. The van der Waals surface area contributed by atoms with Crippen molar-refractivity contribution in [3.63, 3.8) is 0 Å². The normalized spacial score (nSPS) is 11.5. The molecule has 0 spiro atoms. The molecule has 0 unspecified atom stereocenters. The molecule has 1 amide bonds. The van der Waals surface area contributed by atoms with Crippen molar-refractivity contribution in [2.45, 2.75) is 19.1 Å². The third kappa shape index (κ3) is 6.19. The first-order valence-electron chi connectivity index (χ1n) is 9.06. The van der Waals surface area contributed by atoms with Gasteiger partial charge in [0.25, 0.3) is 5.91 Å². The van der Waals surface area contributed by atoms with E-state index in [2.05, 4.69) is 21.2 Å². The molecule has 148 valence electrons. The van der Waals surface area contributed by atoms with Crippen LogP contribution in [0.25, 0.3) is 0 Å². The second-order valence-electron chi connectivity index (χ2n) is 6.50. The molecule has 3 aromatic rings. The third-order valence-corrected chi connectivity index (χ3v) is 4.79. The number of rotatable bonds is 8.